The third-order valence-electron chi connectivity index (χ3n) is 4.96. The monoisotopic (exact) mass is 420 g/mol. The number of nitro groups is 1. The van der Waals surface area contributed by atoms with Gasteiger partial charge in [-0.2, -0.15) is 0 Å². The van der Waals surface area contributed by atoms with E-state index in [2.05, 4.69) is 5.32 Å². The van der Waals surface area contributed by atoms with Crippen LogP contribution in [-0.4, -0.2) is 20.2 Å². The molecule has 0 saturated heterocycles. The molecule has 1 amide bonds. The van der Waals surface area contributed by atoms with Crippen LogP contribution in [0, 0.1) is 17.0 Å². The molecular formula is C21H16N4O6. The average molecular weight is 420 g/mol. The number of fused-ring (bicyclic) bond motifs is 1. The molecule has 0 aliphatic rings. The van der Waals surface area contributed by atoms with Crippen molar-refractivity contribution in [1.82, 2.24) is 9.36 Å². The first-order valence-electron chi connectivity index (χ1n) is 9.15. The van der Waals surface area contributed by atoms with Crippen molar-refractivity contribution in [3.63, 3.8) is 0 Å². The maximum Gasteiger partial charge on any atom is 0.349 e. The van der Waals surface area contributed by atoms with Crippen molar-refractivity contribution < 1.29 is 14.1 Å². The number of rotatable bonds is 4. The van der Waals surface area contributed by atoms with Crippen molar-refractivity contribution >= 4 is 28.3 Å². The number of amides is 1. The minimum absolute atomic E-state index is 0.00916. The molecule has 4 rings (SSSR count). The number of nitro benzene ring substituents is 1. The van der Waals surface area contributed by atoms with E-state index in [0.29, 0.717) is 11.4 Å². The molecule has 31 heavy (non-hydrogen) atoms. The highest BCUT2D eigenvalue weighted by atomic mass is 16.6. The number of non-ortho nitro benzene ring substituents is 1. The van der Waals surface area contributed by atoms with Crippen LogP contribution >= 0.6 is 0 Å². The first-order chi connectivity index (χ1) is 14.8. The van der Waals surface area contributed by atoms with Crippen molar-refractivity contribution in [2.45, 2.75) is 6.92 Å². The molecular weight excluding hydrogens is 404 g/mol. The third kappa shape index (κ3) is 3.39. The molecule has 2 aromatic heterocycles. The van der Waals surface area contributed by atoms with Crippen LogP contribution in [0.4, 0.5) is 11.4 Å². The predicted octanol–water partition coefficient (Wildman–Crippen LogP) is 2.75. The lowest BCUT2D eigenvalue weighted by Gasteiger charge is -2.07. The lowest BCUT2D eigenvalue weighted by molar-refractivity contribution is -0.384. The Hall–Kier alpha value is -4.47. The van der Waals surface area contributed by atoms with E-state index in [1.54, 1.807) is 42.9 Å². The smallest absolute Gasteiger partial charge is 0.349 e. The second-order valence-electron chi connectivity index (χ2n) is 6.82. The summed E-state index contributed by atoms with van der Waals surface area (Å²) < 4.78 is 8.09. The van der Waals surface area contributed by atoms with Crippen LogP contribution < -0.4 is 16.5 Å². The number of hydrogen-bond donors (Lipinski definition) is 1. The molecule has 1 N–H and O–H groups in total. The molecule has 156 valence electrons. The average Bonchev–Trinajstić information content (AvgIpc) is 2.96. The van der Waals surface area contributed by atoms with Crippen molar-refractivity contribution in [3.8, 4) is 5.69 Å². The molecule has 10 nitrogen and oxygen atoms in total. The number of benzene rings is 2. The summed E-state index contributed by atoms with van der Waals surface area (Å²) in [5.74, 6) is -0.854. The highest BCUT2D eigenvalue weighted by molar-refractivity contribution is 6.05. The molecule has 0 radical (unpaired) electrons. The van der Waals surface area contributed by atoms with Crippen molar-refractivity contribution in [2.24, 2.45) is 7.05 Å². The van der Waals surface area contributed by atoms with Gasteiger partial charge >= 0.3 is 5.63 Å². The van der Waals surface area contributed by atoms with Crippen LogP contribution in [0.1, 0.15) is 16.1 Å². The summed E-state index contributed by atoms with van der Waals surface area (Å²) in [5.41, 5.74) is -0.779. The zero-order chi connectivity index (χ0) is 22.3. The predicted molar refractivity (Wildman–Crippen MR) is 113 cm³/mol. The number of anilines is 1. The van der Waals surface area contributed by atoms with E-state index in [1.165, 1.54) is 28.9 Å². The Kier molecular flexibility index (Phi) is 4.74. The maximum absolute atomic E-state index is 12.9. The van der Waals surface area contributed by atoms with Gasteiger partial charge in [0.25, 0.3) is 17.2 Å². The molecule has 2 aromatic carbocycles. The van der Waals surface area contributed by atoms with Gasteiger partial charge in [0, 0.05) is 24.6 Å². The molecule has 0 unspecified atom stereocenters. The SMILES string of the molecule is Cc1c(NC(=O)c2cc3cc([N+](=O)[O-])ccc3oc2=O)c(=O)n(-c2ccccc2)n1C. The molecule has 0 bridgehead atoms. The normalized spacial score (nSPS) is 10.9. The minimum Gasteiger partial charge on any atom is -0.422 e. The number of nitrogens with one attached hydrogen (secondary N) is 1. The van der Waals surface area contributed by atoms with E-state index >= 15 is 0 Å². The molecule has 0 spiro atoms. The van der Waals surface area contributed by atoms with E-state index in [9.17, 15) is 24.5 Å². The Morgan fingerprint density at radius 2 is 1.81 bits per heavy atom. The second kappa shape index (κ2) is 7.41. The Bertz CT molecular complexity index is 1460. The number of hydrogen-bond acceptors (Lipinski definition) is 6. The second-order valence-corrected chi connectivity index (χ2v) is 6.82. The minimum atomic E-state index is -0.921. The van der Waals surface area contributed by atoms with Crippen LogP contribution in [-0.2, 0) is 7.05 Å². The van der Waals surface area contributed by atoms with E-state index in [-0.39, 0.29) is 27.9 Å². The van der Waals surface area contributed by atoms with Gasteiger partial charge in [-0.25, -0.2) is 9.48 Å². The summed E-state index contributed by atoms with van der Waals surface area (Å²) in [7, 11) is 1.67. The quantitative estimate of drug-likeness (QED) is 0.307. The summed E-state index contributed by atoms with van der Waals surface area (Å²) in [6.45, 7) is 1.66. The Balaban J connectivity index is 1.76. The fraction of sp³-hybridized carbons (Fsp3) is 0.0952. The molecule has 2 heterocycles. The number of carbonyl (C=O) groups is 1. The fourth-order valence-corrected chi connectivity index (χ4v) is 3.28. The molecule has 4 aromatic rings. The molecule has 0 aliphatic heterocycles. The van der Waals surface area contributed by atoms with Gasteiger partial charge in [-0.05, 0) is 31.2 Å². The lowest BCUT2D eigenvalue weighted by Crippen LogP contribution is -2.25. The van der Waals surface area contributed by atoms with Gasteiger partial charge in [-0.15, -0.1) is 0 Å². The van der Waals surface area contributed by atoms with Crippen molar-refractivity contribution in [3.05, 3.63) is 96.7 Å². The number of aromatic nitrogens is 2. The van der Waals surface area contributed by atoms with E-state index < -0.39 is 22.0 Å². The van der Waals surface area contributed by atoms with Gasteiger partial charge in [0.1, 0.15) is 16.8 Å². The number of para-hydroxylation sites is 1. The van der Waals surface area contributed by atoms with E-state index in [0.717, 1.165) is 0 Å². The Morgan fingerprint density at radius 3 is 2.48 bits per heavy atom. The molecule has 10 heteroatoms. The Labute approximate surface area is 174 Å². The largest absolute Gasteiger partial charge is 0.422 e. The van der Waals surface area contributed by atoms with Crippen LogP contribution in [0.15, 0.2) is 68.6 Å². The topological polar surface area (TPSA) is 129 Å². The number of nitrogens with zero attached hydrogens (tertiary/aromatic N) is 3. The van der Waals surface area contributed by atoms with Crippen LogP contribution in [0.25, 0.3) is 16.7 Å². The summed E-state index contributed by atoms with van der Waals surface area (Å²) >= 11 is 0. The summed E-state index contributed by atoms with van der Waals surface area (Å²) in [6.07, 6.45) is 0. The highest BCUT2D eigenvalue weighted by Gasteiger charge is 2.21. The number of carbonyl (C=O) groups excluding carboxylic acids is 1. The first kappa shape index (κ1) is 19.8. The maximum atomic E-state index is 12.9. The first-order valence-corrected chi connectivity index (χ1v) is 9.15. The Morgan fingerprint density at radius 1 is 1.10 bits per heavy atom. The van der Waals surface area contributed by atoms with E-state index in [1.807, 2.05) is 6.07 Å². The lowest BCUT2D eigenvalue weighted by atomic mass is 10.1. The summed E-state index contributed by atoms with van der Waals surface area (Å²) in [6, 6.07) is 13.8. The van der Waals surface area contributed by atoms with Crippen LogP contribution in [0.3, 0.4) is 0 Å². The van der Waals surface area contributed by atoms with Gasteiger partial charge in [-0.3, -0.25) is 24.4 Å². The highest BCUT2D eigenvalue weighted by Crippen LogP contribution is 2.21. The van der Waals surface area contributed by atoms with Crippen LogP contribution in [0.2, 0.25) is 0 Å². The van der Waals surface area contributed by atoms with Gasteiger partial charge < -0.3 is 9.73 Å². The van der Waals surface area contributed by atoms with Crippen LogP contribution in [0.5, 0.6) is 0 Å². The molecule has 0 saturated carbocycles. The molecule has 0 fully saturated rings. The summed E-state index contributed by atoms with van der Waals surface area (Å²) in [4.78, 5) is 48.4. The fourth-order valence-electron chi connectivity index (χ4n) is 3.28. The standard InChI is InChI=1S/C21H16N4O6/c1-12-18(20(27)24(23(12)2)14-6-4-3-5-7-14)22-19(26)16-11-13-10-15(25(29)30)8-9-17(13)31-21(16)28/h3-11H,1-2H3,(H,22,26). The molecule has 0 atom stereocenters. The van der Waals surface area contributed by atoms with Crippen molar-refractivity contribution in [1.29, 1.82) is 0 Å². The zero-order valence-electron chi connectivity index (χ0n) is 16.5. The zero-order valence-corrected chi connectivity index (χ0v) is 16.5. The summed E-state index contributed by atoms with van der Waals surface area (Å²) in [5, 5.41) is 13.7. The van der Waals surface area contributed by atoms with Crippen molar-refractivity contribution in [2.75, 3.05) is 5.32 Å². The van der Waals surface area contributed by atoms with Gasteiger partial charge in [0.2, 0.25) is 0 Å². The third-order valence-corrected chi connectivity index (χ3v) is 4.96. The van der Waals surface area contributed by atoms with E-state index in [4.69, 9.17) is 4.42 Å². The molecule has 0 aliphatic carbocycles. The van der Waals surface area contributed by atoms with Gasteiger partial charge in [0.15, 0.2) is 0 Å². The van der Waals surface area contributed by atoms with Gasteiger partial charge in [-0.1, -0.05) is 18.2 Å². The van der Waals surface area contributed by atoms with Gasteiger partial charge in [0.05, 0.1) is 16.3 Å².